The largest absolute Gasteiger partial charge is 0.756 e. The molecule has 218 valence electrons. The van der Waals surface area contributed by atoms with Gasteiger partial charge in [0.15, 0.2) is 17.7 Å². The van der Waals surface area contributed by atoms with E-state index in [2.05, 4.69) is 33.0 Å². The fourth-order valence-electron chi connectivity index (χ4n) is 3.77. The van der Waals surface area contributed by atoms with Crippen LogP contribution in [0.15, 0.2) is 12.7 Å². The first-order valence-electron chi connectivity index (χ1n) is 10.9. The van der Waals surface area contributed by atoms with E-state index in [1.807, 2.05) is 0 Å². The molecule has 2 aromatic heterocycles. The minimum atomic E-state index is -5.66. The summed E-state index contributed by atoms with van der Waals surface area (Å²) in [7, 11) is -11.3. The maximum absolute atomic E-state index is 12.1. The van der Waals surface area contributed by atoms with Crippen molar-refractivity contribution in [1.82, 2.24) is 19.5 Å². The van der Waals surface area contributed by atoms with Crippen molar-refractivity contribution < 1.29 is 71.7 Å². The molecule has 22 heteroatoms. The lowest BCUT2D eigenvalue weighted by atomic mass is 10.1. The van der Waals surface area contributed by atoms with Gasteiger partial charge in [0.2, 0.25) is 6.29 Å². The number of hydrogen-bond acceptors (Lipinski definition) is 19. The van der Waals surface area contributed by atoms with Gasteiger partial charge in [0.25, 0.3) is 15.6 Å². The second-order valence-electron chi connectivity index (χ2n) is 8.33. The van der Waals surface area contributed by atoms with Crippen molar-refractivity contribution in [2.24, 2.45) is 0 Å². The van der Waals surface area contributed by atoms with Gasteiger partial charge in [0, 0.05) is 6.92 Å². The van der Waals surface area contributed by atoms with Crippen LogP contribution in [0.2, 0.25) is 0 Å². The molecule has 0 bridgehead atoms. The van der Waals surface area contributed by atoms with E-state index in [-0.39, 0.29) is 17.0 Å². The smallest absolute Gasteiger partial charge is 0.305 e. The fourth-order valence-corrected chi connectivity index (χ4v) is 5.78. The number of carbonyl (C=O) groups is 1. The highest BCUT2D eigenvalue weighted by Gasteiger charge is 2.46. The monoisotopic (exact) mass is 599 g/mol. The normalized spacial score (nSPS) is 34.1. The maximum Gasteiger partial charge on any atom is 0.305 e. The van der Waals surface area contributed by atoms with Crippen LogP contribution in [0.1, 0.15) is 13.2 Å². The molecule has 0 spiro atoms. The molecule has 39 heavy (non-hydrogen) atoms. The molecule has 4 rings (SSSR count). The van der Waals surface area contributed by atoms with Gasteiger partial charge in [-0.3, -0.25) is 18.5 Å². The Balaban J connectivity index is 1.32. The third-order valence-electron chi connectivity index (χ3n) is 5.59. The summed E-state index contributed by atoms with van der Waals surface area (Å²) in [6.07, 6.45) is -10.4. The van der Waals surface area contributed by atoms with E-state index in [0.29, 0.717) is 0 Å². The zero-order valence-electron chi connectivity index (χ0n) is 19.7. The lowest BCUT2D eigenvalue weighted by molar-refractivity contribution is -0.247. The van der Waals surface area contributed by atoms with Gasteiger partial charge in [-0.15, -0.1) is 0 Å². The first-order valence-corrected chi connectivity index (χ1v) is 13.9. The number of aliphatic hydroxyl groups is 4. The van der Waals surface area contributed by atoms with Crippen molar-refractivity contribution in [3.63, 3.8) is 0 Å². The Morgan fingerprint density at radius 3 is 2.21 bits per heavy atom. The van der Waals surface area contributed by atoms with E-state index < -0.39 is 84.0 Å². The van der Waals surface area contributed by atoms with Gasteiger partial charge in [0.05, 0.1) is 19.5 Å². The lowest BCUT2D eigenvalue weighted by Gasteiger charge is -2.31. The predicted octanol–water partition coefficient (Wildman–Crippen LogP) is -3.98. The molecule has 2 fully saturated rings. The zero-order valence-corrected chi connectivity index (χ0v) is 21.5. The highest BCUT2D eigenvalue weighted by molar-refractivity contribution is 7.59. The van der Waals surface area contributed by atoms with Crippen molar-refractivity contribution >= 4 is 38.6 Å². The number of esters is 1. The van der Waals surface area contributed by atoms with E-state index in [9.17, 15) is 44.1 Å². The van der Waals surface area contributed by atoms with Crippen LogP contribution in [0.5, 0.6) is 0 Å². The van der Waals surface area contributed by atoms with Crippen molar-refractivity contribution in [3.05, 3.63) is 12.7 Å². The maximum atomic E-state index is 12.1. The van der Waals surface area contributed by atoms with E-state index in [4.69, 9.17) is 15.2 Å². The molecule has 0 radical (unpaired) electrons. The number of hydrogen-bond donors (Lipinski definition) is 5. The number of carbonyl (C=O) groups excluding carboxylic acids is 1. The molecule has 2 unspecified atom stereocenters. The minimum absolute atomic E-state index is 0.0368. The Bertz CT molecular complexity index is 1300. The first-order chi connectivity index (χ1) is 18.2. The third kappa shape index (κ3) is 6.60. The number of fused-ring (bicyclic) bond motifs is 1. The van der Waals surface area contributed by atoms with Crippen molar-refractivity contribution in [2.75, 3.05) is 18.9 Å². The van der Waals surface area contributed by atoms with Crippen molar-refractivity contribution in [1.29, 1.82) is 0 Å². The van der Waals surface area contributed by atoms with Crippen molar-refractivity contribution in [2.45, 2.75) is 56.1 Å². The molecule has 2 aliphatic rings. The number of aliphatic hydroxyl groups excluding tert-OH is 4. The molecule has 2 aromatic rings. The number of nitrogen functional groups attached to an aromatic ring is 1. The Morgan fingerprint density at radius 1 is 1.00 bits per heavy atom. The summed E-state index contributed by atoms with van der Waals surface area (Å²) in [6.45, 7) is -1.01. The number of phosphoric ester groups is 2. The quantitative estimate of drug-likeness (QED) is 0.128. The van der Waals surface area contributed by atoms with Crippen LogP contribution in [0, 0.1) is 0 Å². The van der Waals surface area contributed by atoms with Crippen LogP contribution >= 0.6 is 15.6 Å². The van der Waals surface area contributed by atoms with Crippen LogP contribution in [0.25, 0.3) is 11.2 Å². The Kier molecular flexibility index (Phi) is 8.70. The van der Waals surface area contributed by atoms with Gasteiger partial charge >= 0.3 is 5.97 Å². The highest BCUT2D eigenvalue weighted by Crippen LogP contribution is 2.56. The number of nitrogens with zero attached hydrogens (tertiary/aromatic N) is 4. The van der Waals surface area contributed by atoms with E-state index >= 15 is 0 Å². The molecule has 0 saturated carbocycles. The Morgan fingerprint density at radius 2 is 1.59 bits per heavy atom. The molecule has 10 atom stereocenters. The van der Waals surface area contributed by atoms with Gasteiger partial charge in [-0.1, -0.05) is 0 Å². The zero-order chi connectivity index (χ0) is 28.7. The summed E-state index contributed by atoms with van der Waals surface area (Å²) < 4.78 is 53.2. The Hall–Kier alpha value is -2.16. The Labute approximate surface area is 218 Å². The van der Waals surface area contributed by atoms with E-state index in [1.165, 1.54) is 10.9 Å². The first kappa shape index (κ1) is 29.8. The van der Waals surface area contributed by atoms with Crippen LogP contribution in [-0.2, 0) is 41.5 Å². The molecule has 4 heterocycles. The molecule has 2 aliphatic heterocycles. The van der Waals surface area contributed by atoms with Crippen LogP contribution in [0.4, 0.5) is 5.82 Å². The molecule has 0 aromatic carbocycles. The lowest BCUT2D eigenvalue weighted by Crippen LogP contribution is -2.35. The molecular formula is C17H23N5O15P2-2. The SMILES string of the molecule is CC(=O)O[C@H]1O[C@H](COP(=O)([O-])OP(=O)([O-])OC[C@H]2O[C@@H](n3cnc4c(N)ncnc43)[C@H](O)[C@@H]2O)[C@@H](O)[C@H]1O. The summed E-state index contributed by atoms with van der Waals surface area (Å²) >= 11 is 0. The minimum Gasteiger partial charge on any atom is -0.756 e. The van der Waals surface area contributed by atoms with E-state index in [1.54, 1.807) is 0 Å². The number of aromatic nitrogens is 4. The summed E-state index contributed by atoms with van der Waals surface area (Å²) in [5.74, 6) is -0.822. The predicted molar refractivity (Wildman–Crippen MR) is 116 cm³/mol. The summed E-state index contributed by atoms with van der Waals surface area (Å²) in [5.41, 5.74) is 6.03. The number of phosphoric acid groups is 2. The number of nitrogens with two attached hydrogens (primary N) is 1. The van der Waals surface area contributed by atoms with Gasteiger partial charge in [-0.05, 0) is 0 Å². The molecule has 0 aliphatic carbocycles. The molecular weight excluding hydrogens is 576 g/mol. The number of ether oxygens (including phenoxy) is 3. The third-order valence-corrected chi connectivity index (χ3v) is 8.12. The summed E-state index contributed by atoms with van der Waals surface area (Å²) in [5, 5.41) is 40.4. The fraction of sp³-hybridized carbons (Fsp3) is 0.647. The second kappa shape index (κ2) is 11.4. The van der Waals surface area contributed by atoms with Crippen LogP contribution < -0.4 is 15.5 Å². The number of imidazole rings is 1. The summed E-state index contributed by atoms with van der Waals surface area (Å²) in [4.78, 5) is 46.9. The van der Waals surface area contributed by atoms with E-state index in [0.717, 1.165) is 13.3 Å². The molecule has 20 nitrogen and oxygen atoms in total. The highest BCUT2D eigenvalue weighted by atomic mass is 31.3. The number of rotatable bonds is 10. The standard InChI is InChI=1S/C17H25N5O15P2/c1-6(23)34-17-13(27)11(25)8(36-17)3-33-39(30,31)37-38(28,29)32-2-7-10(24)12(26)16(35-7)22-5-21-9-14(18)19-4-20-15(9)22/h4-5,7-8,10-13,16-17,24-27H,2-3H2,1H3,(H,28,29)(H,30,31)(H2,18,19,20)/p-2/t7-,8-,10-,11-,12-,13-,16-,17+/m1/s1. The molecule has 2 saturated heterocycles. The average molecular weight is 599 g/mol. The number of anilines is 1. The van der Waals surface area contributed by atoms with Crippen molar-refractivity contribution in [3.8, 4) is 0 Å². The second-order valence-corrected chi connectivity index (χ2v) is 11.3. The van der Waals surface area contributed by atoms with Gasteiger partial charge in [-0.2, -0.15) is 0 Å². The van der Waals surface area contributed by atoms with Crippen LogP contribution in [-0.4, -0.2) is 102 Å². The average Bonchev–Trinajstić information content (AvgIpc) is 3.47. The molecule has 0 amide bonds. The van der Waals surface area contributed by atoms with Gasteiger partial charge < -0.3 is 59.2 Å². The van der Waals surface area contributed by atoms with Crippen LogP contribution in [0.3, 0.4) is 0 Å². The van der Waals surface area contributed by atoms with Gasteiger partial charge in [-0.25, -0.2) is 19.3 Å². The molecule has 6 N–H and O–H groups in total. The topological polar surface area (TPSA) is 303 Å². The van der Waals surface area contributed by atoms with Gasteiger partial charge in [0.1, 0.15) is 48.5 Å². The summed E-state index contributed by atoms with van der Waals surface area (Å²) in [6, 6.07) is 0.